The first-order valence-corrected chi connectivity index (χ1v) is 7.41. The summed E-state index contributed by atoms with van der Waals surface area (Å²) in [6.07, 6.45) is 2.42. The molecule has 1 aliphatic rings. The molecule has 19 heavy (non-hydrogen) atoms. The van der Waals surface area contributed by atoms with Crippen LogP contribution in [-0.4, -0.2) is 33.3 Å². The van der Waals surface area contributed by atoms with Crippen LogP contribution in [0.2, 0.25) is 5.02 Å². The third kappa shape index (κ3) is 3.77. The van der Waals surface area contributed by atoms with Gasteiger partial charge in [0.1, 0.15) is 5.75 Å². The second-order valence-electron chi connectivity index (χ2n) is 5.12. The molecule has 106 valence electrons. The molecule has 0 saturated carbocycles. The summed E-state index contributed by atoms with van der Waals surface area (Å²) in [5.74, 6) is 1.63. The monoisotopic (exact) mass is 282 g/mol. The number of halogens is 1. The molecule has 2 rings (SSSR count). The van der Waals surface area contributed by atoms with E-state index in [0.29, 0.717) is 0 Å². The zero-order valence-corrected chi connectivity index (χ0v) is 12.5. The number of methoxy groups -OCH3 is 1. The molecule has 4 heteroatoms. The van der Waals surface area contributed by atoms with Crippen molar-refractivity contribution in [3.8, 4) is 5.75 Å². The lowest BCUT2D eigenvalue weighted by atomic mass is 10.1. The molecule has 3 nitrogen and oxygen atoms in total. The van der Waals surface area contributed by atoms with Gasteiger partial charge in [-0.15, -0.1) is 0 Å². The van der Waals surface area contributed by atoms with E-state index in [1.54, 1.807) is 7.11 Å². The minimum Gasteiger partial charge on any atom is -0.495 e. The van der Waals surface area contributed by atoms with E-state index in [0.717, 1.165) is 48.6 Å². The Morgan fingerprint density at radius 3 is 3.05 bits per heavy atom. The van der Waals surface area contributed by atoms with Crippen LogP contribution < -0.4 is 15.0 Å². The molecule has 0 bridgehead atoms. The summed E-state index contributed by atoms with van der Waals surface area (Å²) in [6.45, 7) is 6.57. The molecule has 1 unspecified atom stereocenters. The zero-order chi connectivity index (χ0) is 13.7. The standard InChI is InChI=1S/C15H23ClN2O/c1-3-7-17-10-12-6-8-18(11-12)14-9-13(16)4-5-15(14)19-2/h4-5,9,12,17H,3,6-8,10-11H2,1-2H3. The van der Waals surface area contributed by atoms with E-state index in [1.807, 2.05) is 18.2 Å². The average molecular weight is 283 g/mol. The van der Waals surface area contributed by atoms with Crippen LogP contribution >= 0.6 is 11.6 Å². The van der Waals surface area contributed by atoms with Crippen molar-refractivity contribution in [2.45, 2.75) is 19.8 Å². The molecule has 0 amide bonds. The van der Waals surface area contributed by atoms with Gasteiger partial charge in [-0.1, -0.05) is 18.5 Å². The van der Waals surface area contributed by atoms with E-state index in [1.165, 1.54) is 12.8 Å². The molecule has 0 spiro atoms. The van der Waals surface area contributed by atoms with Gasteiger partial charge in [0.15, 0.2) is 0 Å². The lowest BCUT2D eigenvalue weighted by molar-refractivity contribution is 0.414. The predicted molar refractivity (Wildman–Crippen MR) is 81.5 cm³/mol. The van der Waals surface area contributed by atoms with Gasteiger partial charge in [-0.25, -0.2) is 0 Å². The van der Waals surface area contributed by atoms with Crippen LogP contribution in [-0.2, 0) is 0 Å². The summed E-state index contributed by atoms with van der Waals surface area (Å²) in [4.78, 5) is 2.38. The molecular formula is C15H23ClN2O. The lowest BCUT2D eigenvalue weighted by Gasteiger charge is -2.21. The highest BCUT2D eigenvalue weighted by Gasteiger charge is 2.24. The highest BCUT2D eigenvalue weighted by Crippen LogP contribution is 2.34. The van der Waals surface area contributed by atoms with Gasteiger partial charge in [-0.2, -0.15) is 0 Å². The maximum Gasteiger partial charge on any atom is 0.142 e. The number of anilines is 1. The maximum absolute atomic E-state index is 6.10. The summed E-state index contributed by atoms with van der Waals surface area (Å²) >= 11 is 6.10. The minimum absolute atomic E-state index is 0.718. The van der Waals surface area contributed by atoms with Gasteiger partial charge in [-0.05, 0) is 50.0 Å². The SMILES string of the molecule is CCCNCC1CCN(c2cc(Cl)ccc2OC)C1. The van der Waals surface area contributed by atoms with Crippen LogP contribution in [0.1, 0.15) is 19.8 Å². The van der Waals surface area contributed by atoms with Gasteiger partial charge in [0.2, 0.25) is 0 Å². The smallest absolute Gasteiger partial charge is 0.142 e. The highest BCUT2D eigenvalue weighted by atomic mass is 35.5. The molecule has 0 radical (unpaired) electrons. The fraction of sp³-hybridized carbons (Fsp3) is 0.600. The first-order valence-electron chi connectivity index (χ1n) is 7.03. The fourth-order valence-corrected chi connectivity index (χ4v) is 2.78. The van der Waals surface area contributed by atoms with Crippen LogP contribution in [0.5, 0.6) is 5.75 Å². The Balaban J connectivity index is 1.98. The van der Waals surface area contributed by atoms with Crippen LogP contribution in [0.4, 0.5) is 5.69 Å². The molecular weight excluding hydrogens is 260 g/mol. The summed E-state index contributed by atoms with van der Waals surface area (Å²) in [5, 5.41) is 4.27. The highest BCUT2D eigenvalue weighted by molar-refractivity contribution is 6.30. The quantitative estimate of drug-likeness (QED) is 0.811. The van der Waals surface area contributed by atoms with Crippen LogP contribution in [0.25, 0.3) is 0 Å². The summed E-state index contributed by atoms with van der Waals surface area (Å²) < 4.78 is 5.43. The summed E-state index contributed by atoms with van der Waals surface area (Å²) in [6, 6.07) is 5.82. The number of rotatable bonds is 6. The number of hydrogen-bond acceptors (Lipinski definition) is 3. The zero-order valence-electron chi connectivity index (χ0n) is 11.8. The van der Waals surface area contributed by atoms with Crippen molar-refractivity contribution in [2.24, 2.45) is 5.92 Å². The van der Waals surface area contributed by atoms with Crippen molar-refractivity contribution < 1.29 is 4.74 Å². The first kappa shape index (κ1) is 14.5. The number of ether oxygens (including phenoxy) is 1. The Bertz CT molecular complexity index is 411. The van der Waals surface area contributed by atoms with Crippen LogP contribution in [0.15, 0.2) is 18.2 Å². The number of nitrogens with zero attached hydrogens (tertiary/aromatic N) is 1. The third-order valence-electron chi connectivity index (χ3n) is 3.63. The molecule has 1 fully saturated rings. The van der Waals surface area contributed by atoms with E-state index in [2.05, 4.69) is 17.1 Å². The molecule has 1 N–H and O–H groups in total. The molecule has 1 heterocycles. The Morgan fingerprint density at radius 2 is 2.32 bits per heavy atom. The second-order valence-corrected chi connectivity index (χ2v) is 5.56. The number of hydrogen-bond donors (Lipinski definition) is 1. The Labute approximate surface area is 120 Å². The van der Waals surface area contributed by atoms with Crippen molar-refractivity contribution in [3.05, 3.63) is 23.2 Å². The lowest BCUT2D eigenvalue weighted by Crippen LogP contribution is -2.27. The normalized spacial score (nSPS) is 18.9. The molecule has 1 atom stereocenters. The van der Waals surface area contributed by atoms with Crippen molar-refractivity contribution in [2.75, 3.05) is 38.2 Å². The Kier molecular flexibility index (Phi) is 5.34. The predicted octanol–water partition coefficient (Wildman–Crippen LogP) is 3.17. The molecule has 0 aromatic heterocycles. The molecule has 0 aliphatic carbocycles. The van der Waals surface area contributed by atoms with Gasteiger partial charge < -0.3 is 15.0 Å². The summed E-state index contributed by atoms with van der Waals surface area (Å²) in [7, 11) is 1.71. The molecule has 1 aliphatic heterocycles. The van der Waals surface area contributed by atoms with Gasteiger partial charge in [0, 0.05) is 18.1 Å². The van der Waals surface area contributed by atoms with Crippen molar-refractivity contribution in [1.29, 1.82) is 0 Å². The average Bonchev–Trinajstić information content (AvgIpc) is 2.88. The van der Waals surface area contributed by atoms with Crippen molar-refractivity contribution in [1.82, 2.24) is 5.32 Å². The number of benzene rings is 1. The van der Waals surface area contributed by atoms with Gasteiger partial charge in [0.05, 0.1) is 12.8 Å². The van der Waals surface area contributed by atoms with E-state index < -0.39 is 0 Å². The molecule has 1 aromatic rings. The van der Waals surface area contributed by atoms with Crippen molar-refractivity contribution in [3.63, 3.8) is 0 Å². The van der Waals surface area contributed by atoms with E-state index in [-0.39, 0.29) is 0 Å². The maximum atomic E-state index is 6.10. The Morgan fingerprint density at radius 1 is 1.47 bits per heavy atom. The van der Waals surface area contributed by atoms with E-state index >= 15 is 0 Å². The van der Waals surface area contributed by atoms with Gasteiger partial charge in [0.25, 0.3) is 0 Å². The fourth-order valence-electron chi connectivity index (χ4n) is 2.61. The van der Waals surface area contributed by atoms with Gasteiger partial charge in [-0.3, -0.25) is 0 Å². The second kappa shape index (κ2) is 7.01. The topological polar surface area (TPSA) is 24.5 Å². The van der Waals surface area contributed by atoms with E-state index in [4.69, 9.17) is 16.3 Å². The molecule has 1 saturated heterocycles. The first-order chi connectivity index (χ1) is 9.24. The Hall–Kier alpha value is -0.930. The minimum atomic E-state index is 0.718. The third-order valence-corrected chi connectivity index (χ3v) is 3.86. The van der Waals surface area contributed by atoms with E-state index in [9.17, 15) is 0 Å². The van der Waals surface area contributed by atoms with Crippen LogP contribution in [0.3, 0.4) is 0 Å². The largest absolute Gasteiger partial charge is 0.495 e. The van der Waals surface area contributed by atoms with Gasteiger partial charge >= 0.3 is 0 Å². The summed E-state index contributed by atoms with van der Waals surface area (Å²) in [5.41, 5.74) is 1.12. The number of nitrogens with one attached hydrogen (secondary N) is 1. The molecule has 1 aromatic carbocycles. The van der Waals surface area contributed by atoms with Crippen LogP contribution in [0, 0.1) is 5.92 Å². The van der Waals surface area contributed by atoms with Crippen molar-refractivity contribution >= 4 is 17.3 Å².